The molecule has 1 aromatic carbocycles. The van der Waals surface area contributed by atoms with Crippen molar-refractivity contribution in [2.24, 2.45) is 5.92 Å². The molecule has 4 nitrogen and oxygen atoms in total. The summed E-state index contributed by atoms with van der Waals surface area (Å²) in [6, 6.07) is 6.28. The van der Waals surface area contributed by atoms with Crippen LogP contribution in [0.2, 0.25) is 0 Å². The summed E-state index contributed by atoms with van der Waals surface area (Å²) in [6.45, 7) is 2.67. The Hall–Kier alpha value is -1.46. The zero-order valence-corrected chi connectivity index (χ0v) is 12.5. The van der Waals surface area contributed by atoms with E-state index >= 15 is 0 Å². The Balaban J connectivity index is 1.34. The third-order valence-corrected chi connectivity index (χ3v) is 5.03. The Morgan fingerprint density at radius 3 is 2.73 bits per heavy atom. The van der Waals surface area contributed by atoms with Gasteiger partial charge in [0.25, 0.3) is 5.91 Å². The first-order valence-corrected chi connectivity index (χ1v) is 8.11. The largest absolute Gasteiger partial charge is 0.375 e. The van der Waals surface area contributed by atoms with Crippen LogP contribution in [0.25, 0.3) is 0 Å². The lowest BCUT2D eigenvalue weighted by atomic mass is 10.1. The van der Waals surface area contributed by atoms with E-state index in [1.807, 2.05) is 0 Å². The predicted octanol–water partition coefficient (Wildman–Crippen LogP) is 1.81. The molecule has 2 heterocycles. The molecule has 2 aliphatic heterocycles. The van der Waals surface area contributed by atoms with Gasteiger partial charge in [0.1, 0.15) is 5.82 Å². The molecule has 0 unspecified atom stereocenters. The first-order valence-electron chi connectivity index (χ1n) is 8.11. The molecule has 3 fully saturated rings. The Morgan fingerprint density at radius 2 is 2.00 bits per heavy atom. The Morgan fingerprint density at radius 1 is 1.23 bits per heavy atom. The molecule has 2 saturated heterocycles. The van der Waals surface area contributed by atoms with Crippen LogP contribution < -0.4 is 5.32 Å². The van der Waals surface area contributed by atoms with Crippen LogP contribution in [0.15, 0.2) is 24.3 Å². The van der Waals surface area contributed by atoms with Crippen molar-refractivity contribution >= 4 is 5.91 Å². The first kappa shape index (κ1) is 14.2. The number of fused-ring (bicyclic) bond motifs is 1. The highest BCUT2D eigenvalue weighted by Crippen LogP contribution is 2.37. The van der Waals surface area contributed by atoms with Gasteiger partial charge in [0, 0.05) is 30.7 Å². The van der Waals surface area contributed by atoms with Crippen LogP contribution in [0.3, 0.4) is 0 Å². The zero-order chi connectivity index (χ0) is 15.1. The highest BCUT2D eigenvalue weighted by molar-refractivity contribution is 5.94. The van der Waals surface area contributed by atoms with Crippen molar-refractivity contribution in [3.8, 4) is 0 Å². The van der Waals surface area contributed by atoms with Gasteiger partial charge in [-0.1, -0.05) is 0 Å². The fourth-order valence-electron chi connectivity index (χ4n) is 3.63. The van der Waals surface area contributed by atoms with E-state index in [9.17, 15) is 9.18 Å². The van der Waals surface area contributed by atoms with Crippen molar-refractivity contribution in [3.05, 3.63) is 35.6 Å². The summed E-state index contributed by atoms with van der Waals surface area (Å²) in [5.74, 6) is 0.316. The molecule has 4 rings (SSSR count). The SMILES string of the molecule is O=C(N[C@H]1C[C@H]2CO[C@@H](C3CC3)CN2C1)c1ccc(F)cc1. The maximum Gasteiger partial charge on any atom is 0.251 e. The maximum atomic E-state index is 12.9. The minimum atomic E-state index is -0.321. The standard InChI is InChI=1S/C17H21FN2O2/c18-13-5-3-12(4-6-13)17(21)19-14-7-15-10-22-16(11-1-2-11)9-20(15)8-14/h3-6,11,14-16H,1-2,7-10H2,(H,19,21)/t14-,15-,16+/m0/s1. The van der Waals surface area contributed by atoms with Gasteiger partial charge in [-0.15, -0.1) is 0 Å². The predicted molar refractivity (Wildman–Crippen MR) is 80.1 cm³/mol. The molecule has 1 N–H and O–H groups in total. The van der Waals surface area contributed by atoms with Gasteiger partial charge < -0.3 is 10.1 Å². The second-order valence-electron chi connectivity index (χ2n) is 6.73. The minimum Gasteiger partial charge on any atom is -0.375 e. The van der Waals surface area contributed by atoms with Crippen molar-refractivity contribution in [1.29, 1.82) is 0 Å². The van der Waals surface area contributed by atoms with E-state index in [0.29, 0.717) is 17.7 Å². The van der Waals surface area contributed by atoms with Gasteiger partial charge in [0.15, 0.2) is 0 Å². The second kappa shape index (κ2) is 5.63. The number of hydrogen-bond acceptors (Lipinski definition) is 3. The molecule has 5 heteroatoms. The molecule has 22 heavy (non-hydrogen) atoms. The summed E-state index contributed by atoms with van der Waals surface area (Å²) in [7, 11) is 0. The van der Waals surface area contributed by atoms with E-state index in [1.165, 1.54) is 37.1 Å². The molecule has 1 amide bonds. The number of amides is 1. The van der Waals surface area contributed by atoms with Crippen molar-refractivity contribution in [2.75, 3.05) is 19.7 Å². The van der Waals surface area contributed by atoms with Gasteiger partial charge in [-0.25, -0.2) is 4.39 Å². The number of carbonyl (C=O) groups excluding carboxylic acids is 1. The van der Waals surface area contributed by atoms with Crippen LogP contribution in [0, 0.1) is 11.7 Å². The molecule has 3 atom stereocenters. The van der Waals surface area contributed by atoms with E-state index in [0.717, 1.165) is 32.0 Å². The van der Waals surface area contributed by atoms with E-state index in [4.69, 9.17) is 4.74 Å². The quantitative estimate of drug-likeness (QED) is 0.926. The Labute approximate surface area is 129 Å². The zero-order valence-electron chi connectivity index (χ0n) is 12.5. The molecule has 0 bridgehead atoms. The van der Waals surface area contributed by atoms with Gasteiger partial charge in [-0.3, -0.25) is 9.69 Å². The van der Waals surface area contributed by atoms with Gasteiger partial charge in [0.2, 0.25) is 0 Å². The smallest absolute Gasteiger partial charge is 0.251 e. The van der Waals surface area contributed by atoms with Crippen molar-refractivity contribution in [1.82, 2.24) is 10.2 Å². The second-order valence-corrected chi connectivity index (χ2v) is 6.73. The van der Waals surface area contributed by atoms with Gasteiger partial charge >= 0.3 is 0 Å². The van der Waals surface area contributed by atoms with E-state index in [1.54, 1.807) is 0 Å². The third-order valence-electron chi connectivity index (χ3n) is 5.03. The van der Waals surface area contributed by atoms with Crippen LogP contribution in [-0.2, 0) is 4.74 Å². The molecule has 0 spiro atoms. The molecule has 1 aliphatic carbocycles. The lowest BCUT2D eigenvalue weighted by molar-refractivity contribution is -0.0581. The number of hydrogen-bond donors (Lipinski definition) is 1. The van der Waals surface area contributed by atoms with E-state index < -0.39 is 0 Å². The summed E-state index contributed by atoms with van der Waals surface area (Å²) in [5.41, 5.74) is 0.512. The van der Waals surface area contributed by atoms with Crippen LogP contribution in [0.4, 0.5) is 4.39 Å². The average molecular weight is 304 g/mol. The van der Waals surface area contributed by atoms with Gasteiger partial charge in [-0.05, 0) is 49.4 Å². The monoisotopic (exact) mass is 304 g/mol. The number of carbonyl (C=O) groups is 1. The summed E-state index contributed by atoms with van der Waals surface area (Å²) in [4.78, 5) is 14.7. The fourth-order valence-corrected chi connectivity index (χ4v) is 3.63. The molecule has 0 radical (unpaired) electrons. The molecule has 1 aromatic rings. The molecule has 1 saturated carbocycles. The van der Waals surface area contributed by atoms with Crippen LogP contribution >= 0.6 is 0 Å². The van der Waals surface area contributed by atoms with Crippen LogP contribution in [0.1, 0.15) is 29.6 Å². The third kappa shape index (κ3) is 2.88. The highest BCUT2D eigenvalue weighted by atomic mass is 19.1. The normalized spacial score (nSPS) is 31.8. The topological polar surface area (TPSA) is 41.6 Å². The molecule has 0 aromatic heterocycles. The lowest BCUT2D eigenvalue weighted by Gasteiger charge is -2.35. The van der Waals surface area contributed by atoms with Crippen molar-refractivity contribution < 1.29 is 13.9 Å². The van der Waals surface area contributed by atoms with Gasteiger partial charge in [0.05, 0.1) is 12.7 Å². The molecule has 118 valence electrons. The van der Waals surface area contributed by atoms with Crippen molar-refractivity contribution in [3.63, 3.8) is 0 Å². The fraction of sp³-hybridized carbons (Fsp3) is 0.588. The summed E-state index contributed by atoms with van der Waals surface area (Å²) < 4.78 is 18.9. The number of morpholine rings is 1. The summed E-state index contributed by atoms with van der Waals surface area (Å²) >= 11 is 0. The first-order chi connectivity index (χ1) is 10.7. The van der Waals surface area contributed by atoms with Gasteiger partial charge in [-0.2, -0.15) is 0 Å². The number of rotatable bonds is 3. The van der Waals surface area contributed by atoms with E-state index in [2.05, 4.69) is 10.2 Å². The highest BCUT2D eigenvalue weighted by Gasteiger charge is 2.42. The van der Waals surface area contributed by atoms with Crippen molar-refractivity contribution in [2.45, 2.75) is 37.5 Å². The average Bonchev–Trinajstić information content (AvgIpc) is 3.28. The number of benzene rings is 1. The molecular formula is C17H21FN2O2. The summed E-state index contributed by atoms with van der Waals surface area (Å²) in [6.07, 6.45) is 3.93. The number of halogens is 1. The maximum absolute atomic E-state index is 12.9. The molecular weight excluding hydrogens is 283 g/mol. The minimum absolute atomic E-state index is 0.121. The number of ether oxygens (including phenoxy) is 1. The van der Waals surface area contributed by atoms with Crippen LogP contribution in [-0.4, -0.2) is 48.7 Å². The summed E-state index contributed by atoms with van der Waals surface area (Å²) in [5, 5.41) is 3.07. The lowest BCUT2D eigenvalue weighted by Crippen LogP contribution is -2.47. The number of nitrogens with one attached hydrogen (secondary N) is 1. The number of nitrogens with zero attached hydrogens (tertiary/aromatic N) is 1. The Kier molecular flexibility index (Phi) is 3.62. The van der Waals surface area contributed by atoms with Crippen LogP contribution in [0.5, 0.6) is 0 Å². The van der Waals surface area contributed by atoms with E-state index in [-0.39, 0.29) is 17.8 Å². The Bertz CT molecular complexity index is 558. The molecule has 3 aliphatic rings.